The summed E-state index contributed by atoms with van der Waals surface area (Å²) in [6.45, 7) is 6.84. The minimum Gasteiger partial charge on any atom is -0.381 e. The van der Waals surface area contributed by atoms with Gasteiger partial charge in [0.05, 0.1) is 11.3 Å². The summed E-state index contributed by atoms with van der Waals surface area (Å²) in [6, 6.07) is 7.94. The van der Waals surface area contributed by atoms with Crippen LogP contribution in [0.2, 0.25) is 5.02 Å². The Kier molecular flexibility index (Phi) is 4.84. The van der Waals surface area contributed by atoms with Crippen LogP contribution in [0.1, 0.15) is 18.4 Å². The Morgan fingerprint density at radius 2 is 2.21 bits per heavy atom. The van der Waals surface area contributed by atoms with E-state index in [1.165, 1.54) is 0 Å². The summed E-state index contributed by atoms with van der Waals surface area (Å²) in [4.78, 5) is 2.38. The molecule has 0 amide bonds. The van der Waals surface area contributed by atoms with E-state index in [1.807, 2.05) is 12.1 Å². The Labute approximate surface area is 119 Å². The minimum atomic E-state index is 0.409. The molecule has 0 saturated carbocycles. The molecule has 100 valence electrons. The number of likely N-dealkylation sites (tertiary alicyclic amines) is 1. The standard InChI is InChI=1S/C15H18ClN3/c1-2-7-19-8-5-14(6-9-19)18-15-10-13(16)4-3-12(15)11-17/h2-4,10,14,18H,1,5-9H2. The van der Waals surface area contributed by atoms with Crippen molar-refractivity contribution in [2.24, 2.45) is 0 Å². The number of hydrogen-bond acceptors (Lipinski definition) is 3. The Balaban J connectivity index is 1.97. The summed E-state index contributed by atoms with van der Waals surface area (Å²) < 4.78 is 0. The first-order valence-electron chi connectivity index (χ1n) is 6.52. The molecule has 1 aromatic carbocycles. The molecule has 1 aliphatic rings. The number of benzene rings is 1. The SMILES string of the molecule is C=CCN1CCC(Nc2cc(Cl)ccc2C#N)CC1. The van der Waals surface area contributed by atoms with Crippen molar-refractivity contribution in [1.29, 1.82) is 5.26 Å². The minimum absolute atomic E-state index is 0.409. The Morgan fingerprint density at radius 1 is 1.47 bits per heavy atom. The molecule has 1 saturated heterocycles. The van der Waals surface area contributed by atoms with Gasteiger partial charge in [-0.15, -0.1) is 6.58 Å². The topological polar surface area (TPSA) is 39.1 Å². The Morgan fingerprint density at radius 3 is 2.84 bits per heavy atom. The summed E-state index contributed by atoms with van der Waals surface area (Å²) in [5.41, 5.74) is 1.50. The Hall–Kier alpha value is -1.50. The number of rotatable bonds is 4. The number of nitriles is 1. The number of hydrogen-bond donors (Lipinski definition) is 1. The number of anilines is 1. The van der Waals surface area contributed by atoms with E-state index in [9.17, 15) is 0 Å². The van der Waals surface area contributed by atoms with Gasteiger partial charge in [0.1, 0.15) is 6.07 Å². The van der Waals surface area contributed by atoms with E-state index in [-0.39, 0.29) is 0 Å². The zero-order valence-electron chi connectivity index (χ0n) is 10.9. The van der Waals surface area contributed by atoms with E-state index in [0.29, 0.717) is 16.6 Å². The average Bonchev–Trinajstić information content (AvgIpc) is 2.42. The van der Waals surface area contributed by atoms with Gasteiger partial charge < -0.3 is 5.32 Å². The molecule has 1 aliphatic heterocycles. The summed E-state index contributed by atoms with van der Waals surface area (Å²) in [5, 5.41) is 13.2. The van der Waals surface area contributed by atoms with Gasteiger partial charge in [-0.05, 0) is 31.0 Å². The van der Waals surface area contributed by atoms with Crippen LogP contribution in [0.3, 0.4) is 0 Å². The quantitative estimate of drug-likeness (QED) is 0.857. The van der Waals surface area contributed by atoms with Gasteiger partial charge in [0.15, 0.2) is 0 Å². The summed E-state index contributed by atoms with van der Waals surface area (Å²) in [7, 11) is 0. The van der Waals surface area contributed by atoms with Crippen LogP contribution in [-0.2, 0) is 0 Å². The second kappa shape index (κ2) is 6.60. The molecule has 4 heteroatoms. The molecule has 1 fully saturated rings. The Bertz CT molecular complexity index is 485. The normalized spacial score (nSPS) is 16.8. The highest BCUT2D eigenvalue weighted by Crippen LogP contribution is 2.23. The first kappa shape index (κ1) is 13.9. The van der Waals surface area contributed by atoms with Crippen LogP contribution in [0.4, 0.5) is 5.69 Å². The molecule has 0 aromatic heterocycles. The second-order valence-corrected chi connectivity index (χ2v) is 5.25. The molecule has 0 aliphatic carbocycles. The van der Waals surface area contributed by atoms with Crippen LogP contribution in [0.25, 0.3) is 0 Å². The van der Waals surface area contributed by atoms with Crippen LogP contribution < -0.4 is 5.32 Å². The zero-order chi connectivity index (χ0) is 13.7. The lowest BCUT2D eigenvalue weighted by atomic mass is 10.0. The third-order valence-corrected chi connectivity index (χ3v) is 3.67. The second-order valence-electron chi connectivity index (χ2n) is 4.81. The van der Waals surface area contributed by atoms with Crippen LogP contribution in [0.15, 0.2) is 30.9 Å². The van der Waals surface area contributed by atoms with E-state index >= 15 is 0 Å². The summed E-state index contributed by atoms with van der Waals surface area (Å²) in [6.07, 6.45) is 4.09. The molecule has 2 rings (SSSR count). The number of piperidine rings is 1. The van der Waals surface area contributed by atoms with Crippen molar-refractivity contribution >= 4 is 17.3 Å². The number of nitrogens with zero attached hydrogens (tertiary/aromatic N) is 2. The van der Waals surface area contributed by atoms with Crippen LogP contribution in [-0.4, -0.2) is 30.6 Å². The lowest BCUT2D eigenvalue weighted by Crippen LogP contribution is -2.39. The van der Waals surface area contributed by atoms with Gasteiger partial charge in [-0.1, -0.05) is 17.7 Å². The fourth-order valence-corrected chi connectivity index (χ4v) is 2.57. The largest absolute Gasteiger partial charge is 0.381 e. The first-order valence-corrected chi connectivity index (χ1v) is 6.90. The van der Waals surface area contributed by atoms with Gasteiger partial charge in [0.2, 0.25) is 0 Å². The third-order valence-electron chi connectivity index (χ3n) is 3.44. The molecule has 1 heterocycles. The van der Waals surface area contributed by atoms with Gasteiger partial charge in [-0.3, -0.25) is 4.90 Å². The zero-order valence-corrected chi connectivity index (χ0v) is 11.7. The third kappa shape index (κ3) is 3.73. The van der Waals surface area contributed by atoms with Gasteiger partial charge in [0.25, 0.3) is 0 Å². The van der Waals surface area contributed by atoms with E-state index in [0.717, 1.165) is 38.2 Å². The van der Waals surface area contributed by atoms with Gasteiger partial charge in [0, 0.05) is 30.7 Å². The molecule has 1 N–H and O–H groups in total. The van der Waals surface area contributed by atoms with Crippen molar-refractivity contribution in [3.8, 4) is 6.07 Å². The average molecular weight is 276 g/mol. The highest BCUT2D eigenvalue weighted by atomic mass is 35.5. The summed E-state index contributed by atoms with van der Waals surface area (Å²) >= 11 is 5.99. The fourth-order valence-electron chi connectivity index (χ4n) is 2.40. The van der Waals surface area contributed by atoms with Crippen molar-refractivity contribution < 1.29 is 0 Å². The molecule has 19 heavy (non-hydrogen) atoms. The molecule has 1 aromatic rings. The number of nitrogens with one attached hydrogen (secondary N) is 1. The van der Waals surface area contributed by atoms with Crippen molar-refractivity contribution in [1.82, 2.24) is 4.90 Å². The lowest BCUT2D eigenvalue weighted by Gasteiger charge is -2.32. The highest BCUT2D eigenvalue weighted by Gasteiger charge is 2.18. The maximum Gasteiger partial charge on any atom is 0.101 e. The molecule has 0 unspecified atom stereocenters. The van der Waals surface area contributed by atoms with Gasteiger partial charge in [-0.25, -0.2) is 0 Å². The number of halogens is 1. The van der Waals surface area contributed by atoms with E-state index in [1.54, 1.807) is 12.1 Å². The molecule has 0 spiro atoms. The fraction of sp³-hybridized carbons (Fsp3) is 0.400. The van der Waals surface area contributed by atoms with Crippen molar-refractivity contribution in [3.05, 3.63) is 41.4 Å². The predicted molar refractivity (Wildman–Crippen MR) is 79.4 cm³/mol. The maximum atomic E-state index is 9.10. The van der Waals surface area contributed by atoms with E-state index in [4.69, 9.17) is 16.9 Å². The molecule has 3 nitrogen and oxygen atoms in total. The first-order chi connectivity index (χ1) is 9.22. The smallest absolute Gasteiger partial charge is 0.101 e. The molecule has 0 radical (unpaired) electrons. The monoisotopic (exact) mass is 275 g/mol. The lowest BCUT2D eigenvalue weighted by molar-refractivity contribution is 0.240. The van der Waals surface area contributed by atoms with Crippen molar-refractivity contribution in [3.63, 3.8) is 0 Å². The highest BCUT2D eigenvalue weighted by molar-refractivity contribution is 6.30. The molecular weight excluding hydrogens is 258 g/mol. The summed E-state index contributed by atoms with van der Waals surface area (Å²) in [5.74, 6) is 0. The molecular formula is C15H18ClN3. The maximum absolute atomic E-state index is 9.10. The van der Waals surface area contributed by atoms with Crippen molar-refractivity contribution in [2.75, 3.05) is 25.0 Å². The van der Waals surface area contributed by atoms with Crippen LogP contribution in [0, 0.1) is 11.3 Å². The van der Waals surface area contributed by atoms with Crippen LogP contribution in [0.5, 0.6) is 0 Å². The predicted octanol–water partition coefficient (Wildman–Crippen LogP) is 3.27. The molecule has 0 bridgehead atoms. The van der Waals surface area contributed by atoms with Crippen LogP contribution >= 0.6 is 11.6 Å². The molecule has 0 atom stereocenters. The van der Waals surface area contributed by atoms with Gasteiger partial charge in [-0.2, -0.15) is 5.26 Å². The van der Waals surface area contributed by atoms with E-state index in [2.05, 4.69) is 22.9 Å². The van der Waals surface area contributed by atoms with Crippen molar-refractivity contribution in [2.45, 2.75) is 18.9 Å². The van der Waals surface area contributed by atoms with E-state index < -0.39 is 0 Å². The van der Waals surface area contributed by atoms with Gasteiger partial charge >= 0.3 is 0 Å².